The third kappa shape index (κ3) is 2.93. The van der Waals surface area contributed by atoms with E-state index in [0.29, 0.717) is 31.7 Å². The molecule has 2 N–H and O–H groups in total. The molecule has 0 bridgehead atoms. The summed E-state index contributed by atoms with van der Waals surface area (Å²) in [6, 6.07) is 0.349. The number of amides is 1. The molecule has 0 spiro atoms. The van der Waals surface area contributed by atoms with E-state index >= 15 is 0 Å². The van der Waals surface area contributed by atoms with Crippen LogP contribution in [-0.2, 0) is 9.53 Å². The van der Waals surface area contributed by atoms with Crippen LogP contribution in [0.25, 0.3) is 0 Å². The van der Waals surface area contributed by atoms with Crippen molar-refractivity contribution < 1.29 is 9.53 Å². The van der Waals surface area contributed by atoms with Crippen molar-refractivity contribution in [2.75, 3.05) is 45.9 Å². The number of morpholine rings is 1. The van der Waals surface area contributed by atoms with Gasteiger partial charge in [-0.1, -0.05) is 6.42 Å². The summed E-state index contributed by atoms with van der Waals surface area (Å²) in [5, 5.41) is 0. The number of ether oxygens (including phenoxy) is 1. The lowest BCUT2D eigenvalue weighted by Crippen LogP contribution is -2.45. The van der Waals surface area contributed by atoms with Crippen LogP contribution in [-0.4, -0.2) is 67.7 Å². The predicted octanol–water partition coefficient (Wildman–Crippen LogP) is -0.0956. The highest BCUT2D eigenvalue weighted by atomic mass is 16.5. The van der Waals surface area contributed by atoms with Gasteiger partial charge in [-0.3, -0.25) is 9.69 Å². The first-order valence-electron chi connectivity index (χ1n) is 7.57. The summed E-state index contributed by atoms with van der Waals surface area (Å²) in [4.78, 5) is 16.5. The summed E-state index contributed by atoms with van der Waals surface area (Å²) in [7, 11) is 0. The lowest BCUT2D eigenvalue weighted by Gasteiger charge is -2.30. The Balaban J connectivity index is 1.52. The monoisotopic (exact) mass is 267 g/mol. The molecule has 1 saturated carbocycles. The van der Waals surface area contributed by atoms with E-state index in [4.69, 9.17) is 10.5 Å². The highest BCUT2D eigenvalue weighted by molar-refractivity contribution is 5.78. The highest BCUT2D eigenvalue weighted by Gasteiger charge is 2.39. The third-order valence-corrected chi connectivity index (χ3v) is 4.95. The number of fused-ring (bicyclic) bond motifs is 1. The van der Waals surface area contributed by atoms with E-state index in [1.165, 1.54) is 12.8 Å². The van der Waals surface area contributed by atoms with E-state index < -0.39 is 0 Å². The van der Waals surface area contributed by atoms with Crippen molar-refractivity contribution in [1.29, 1.82) is 0 Å². The second kappa shape index (κ2) is 5.77. The first-order chi connectivity index (χ1) is 9.24. The molecule has 3 atom stereocenters. The van der Waals surface area contributed by atoms with Crippen LogP contribution >= 0.6 is 0 Å². The fourth-order valence-corrected chi connectivity index (χ4v) is 3.84. The summed E-state index contributed by atoms with van der Waals surface area (Å²) in [5.74, 6) is 1.60. The van der Waals surface area contributed by atoms with Crippen LogP contribution in [0, 0.1) is 11.8 Å². The van der Waals surface area contributed by atoms with Crippen LogP contribution in [0.2, 0.25) is 0 Å². The van der Waals surface area contributed by atoms with Crippen LogP contribution in [0.1, 0.15) is 19.3 Å². The van der Waals surface area contributed by atoms with Crippen LogP contribution in [0.15, 0.2) is 0 Å². The Morgan fingerprint density at radius 1 is 1.21 bits per heavy atom. The van der Waals surface area contributed by atoms with Gasteiger partial charge in [-0.15, -0.1) is 0 Å². The molecule has 0 aromatic carbocycles. The normalized spacial score (nSPS) is 36.3. The SMILES string of the molecule is NC1CCCC2CN(CC(=O)N3CCOCC3)CC12. The number of hydrogen-bond donors (Lipinski definition) is 1. The van der Waals surface area contributed by atoms with Crippen molar-refractivity contribution in [2.24, 2.45) is 17.6 Å². The average molecular weight is 267 g/mol. The lowest BCUT2D eigenvalue weighted by atomic mass is 9.78. The molecule has 1 aliphatic carbocycles. The molecule has 2 aliphatic heterocycles. The van der Waals surface area contributed by atoms with Crippen molar-refractivity contribution in [3.05, 3.63) is 0 Å². The van der Waals surface area contributed by atoms with Gasteiger partial charge in [0.15, 0.2) is 0 Å². The molecule has 3 unspecified atom stereocenters. The molecule has 3 rings (SSSR count). The number of carbonyl (C=O) groups excluding carboxylic acids is 1. The van der Waals surface area contributed by atoms with Gasteiger partial charge in [-0.2, -0.15) is 0 Å². The number of nitrogens with two attached hydrogens (primary N) is 1. The molecule has 1 amide bonds. The zero-order valence-electron chi connectivity index (χ0n) is 11.6. The van der Waals surface area contributed by atoms with Gasteiger partial charge in [0.05, 0.1) is 19.8 Å². The molecular weight excluding hydrogens is 242 g/mol. The predicted molar refractivity (Wildman–Crippen MR) is 72.6 cm³/mol. The average Bonchev–Trinajstić information content (AvgIpc) is 2.84. The number of rotatable bonds is 2. The van der Waals surface area contributed by atoms with Crippen LogP contribution < -0.4 is 5.73 Å². The third-order valence-electron chi connectivity index (χ3n) is 4.95. The zero-order valence-corrected chi connectivity index (χ0v) is 11.6. The fraction of sp³-hybridized carbons (Fsp3) is 0.929. The topological polar surface area (TPSA) is 58.8 Å². The Bertz CT molecular complexity index is 331. The molecule has 3 fully saturated rings. The Kier molecular flexibility index (Phi) is 4.05. The van der Waals surface area contributed by atoms with Crippen molar-refractivity contribution in [3.63, 3.8) is 0 Å². The summed E-state index contributed by atoms with van der Waals surface area (Å²) in [6.45, 7) is 5.51. The Morgan fingerprint density at radius 2 is 2.00 bits per heavy atom. The van der Waals surface area contributed by atoms with Gasteiger partial charge in [0.1, 0.15) is 0 Å². The molecule has 3 aliphatic rings. The summed E-state index contributed by atoms with van der Waals surface area (Å²) < 4.78 is 5.29. The van der Waals surface area contributed by atoms with Gasteiger partial charge < -0.3 is 15.4 Å². The van der Waals surface area contributed by atoms with Crippen LogP contribution in [0.4, 0.5) is 0 Å². The first-order valence-corrected chi connectivity index (χ1v) is 7.57. The molecule has 2 heterocycles. The molecule has 0 radical (unpaired) electrons. The van der Waals surface area contributed by atoms with Crippen molar-refractivity contribution in [1.82, 2.24) is 9.80 Å². The quantitative estimate of drug-likeness (QED) is 0.759. The smallest absolute Gasteiger partial charge is 0.236 e. The molecule has 5 heteroatoms. The van der Waals surface area contributed by atoms with Crippen molar-refractivity contribution in [2.45, 2.75) is 25.3 Å². The van der Waals surface area contributed by atoms with E-state index in [1.807, 2.05) is 4.90 Å². The second-order valence-electron chi connectivity index (χ2n) is 6.21. The molecule has 0 aromatic heterocycles. The maximum Gasteiger partial charge on any atom is 0.236 e. The van der Waals surface area contributed by atoms with Gasteiger partial charge >= 0.3 is 0 Å². The van der Waals surface area contributed by atoms with Crippen molar-refractivity contribution >= 4 is 5.91 Å². The van der Waals surface area contributed by atoms with Gasteiger partial charge in [-0.25, -0.2) is 0 Å². The molecule has 2 saturated heterocycles. The second-order valence-corrected chi connectivity index (χ2v) is 6.21. The molecule has 108 valence electrons. The molecule has 0 aromatic rings. The standard InChI is InChI=1S/C14H25N3O2/c15-13-3-1-2-11-8-16(9-12(11)13)10-14(18)17-4-6-19-7-5-17/h11-13H,1-10,15H2. The van der Waals surface area contributed by atoms with E-state index in [1.54, 1.807) is 0 Å². The first kappa shape index (κ1) is 13.3. The summed E-state index contributed by atoms with van der Waals surface area (Å²) in [6.07, 6.45) is 3.71. The minimum atomic E-state index is 0.260. The maximum atomic E-state index is 12.2. The Hall–Kier alpha value is -0.650. The van der Waals surface area contributed by atoms with E-state index in [-0.39, 0.29) is 5.91 Å². The van der Waals surface area contributed by atoms with E-state index in [2.05, 4.69) is 4.90 Å². The minimum Gasteiger partial charge on any atom is -0.378 e. The summed E-state index contributed by atoms with van der Waals surface area (Å²) >= 11 is 0. The number of likely N-dealkylation sites (tertiary alicyclic amines) is 1. The lowest BCUT2D eigenvalue weighted by molar-refractivity contribution is -0.136. The van der Waals surface area contributed by atoms with E-state index in [9.17, 15) is 4.79 Å². The Morgan fingerprint density at radius 3 is 2.74 bits per heavy atom. The number of nitrogens with zero attached hydrogens (tertiary/aromatic N) is 2. The maximum absolute atomic E-state index is 12.2. The summed E-state index contributed by atoms with van der Waals surface area (Å²) in [5.41, 5.74) is 6.22. The highest BCUT2D eigenvalue weighted by Crippen LogP contribution is 2.35. The van der Waals surface area contributed by atoms with Crippen LogP contribution in [0.3, 0.4) is 0 Å². The van der Waals surface area contributed by atoms with Gasteiger partial charge in [0, 0.05) is 32.2 Å². The van der Waals surface area contributed by atoms with Gasteiger partial charge in [-0.05, 0) is 24.7 Å². The number of hydrogen-bond acceptors (Lipinski definition) is 4. The fourth-order valence-electron chi connectivity index (χ4n) is 3.84. The Labute approximate surface area is 115 Å². The molecular formula is C14H25N3O2. The van der Waals surface area contributed by atoms with Gasteiger partial charge in [0.2, 0.25) is 5.91 Å². The zero-order chi connectivity index (χ0) is 13.2. The minimum absolute atomic E-state index is 0.260. The molecule has 5 nitrogen and oxygen atoms in total. The largest absolute Gasteiger partial charge is 0.378 e. The van der Waals surface area contributed by atoms with E-state index in [0.717, 1.165) is 38.5 Å². The van der Waals surface area contributed by atoms with Gasteiger partial charge in [0.25, 0.3) is 0 Å². The number of carbonyl (C=O) groups is 1. The van der Waals surface area contributed by atoms with Crippen molar-refractivity contribution in [3.8, 4) is 0 Å². The molecule has 19 heavy (non-hydrogen) atoms. The van der Waals surface area contributed by atoms with Crippen LogP contribution in [0.5, 0.6) is 0 Å².